The van der Waals surface area contributed by atoms with Crippen LogP contribution in [0.3, 0.4) is 0 Å². The summed E-state index contributed by atoms with van der Waals surface area (Å²) in [6.45, 7) is 1.45. The van der Waals surface area contributed by atoms with E-state index in [-0.39, 0.29) is 17.7 Å². The number of anilines is 3. The molecular formula is C18H14N4O3S2. The third-order valence-electron chi connectivity index (χ3n) is 3.80. The molecule has 0 fully saturated rings. The summed E-state index contributed by atoms with van der Waals surface area (Å²) in [5.41, 5.74) is 2.50. The Balaban J connectivity index is 1.55. The number of nitrogens with zero attached hydrogens (tertiary/aromatic N) is 1. The molecule has 0 saturated carbocycles. The number of amides is 3. The molecule has 2 aromatic carbocycles. The average Bonchev–Trinajstić information content (AvgIpc) is 3.02. The lowest BCUT2D eigenvalue weighted by atomic mass is 10.2. The minimum absolute atomic E-state index is 0.0776. The van der Waals surface area contributed by atoms with Crippen molar-refractivity contribution in [3.63, 3.8) is 0 Å². The fourth-order valence-electron chi connectivity index (χ4n) is 2.65. The highest BCUT2D eigenvalue weighted by Gasteiger charge is 2.18. The summed E-state index contributed by atoms with van der Waals surface area (Å²) < 4.78 is 0.852. The molecule has 7 nitrogen and oxygen atoms in total. The highest BCUT2D eigenvalue weighted by molar-refractivity contribution is 8.00. The van der Waals surface area contributed by atoms with Crippen LogP contribution in [0, 0.1) is 0 Å². The lowest BCUT2D eigenvalue weighted by Crippen LogP contribution is -2.19. The number of rotatable bonds is 3. The van der Waals surface area contributed by atoms with Crippen LogP contribution in [0.25, 0.3) is 10.2 Å². The molecule has 0 saturated heterocycles. The molecule has 136 valence electrons. The van der Waals surface area contributed by atoms with Crippen molar-refractivity contribution < 1.29 is 14.4 Å². The zero-order valence-corrected chi connectivity index (χ0v) is 15.8. The fraction of sp³-hybridized carbons (Fsp3) is 0.111. The highest BCUT2D eigenvalue weighted by Crippen LogP contribution is 2.33. The number of benzene rings is 2. The first kappa shape index (κ1) is 17.5. The van der Waals surface area contributed by atoms with Gasteiger partial charge < -0.3 is 10.6 Å². The molecule has 0 spiro atoms. The number of carbonyl (C=O) groups excluding carboxylic acids is 3. The van der Waals surface area contributed by atoms with Gasteiger partial charge in [-0.15, -0.1) is 11.8 Å². The molecule has 1 aromatic heterocycles. The van der Waals surface area contributed by atoms with E-state index in [2.05, 4.69) is 20.9 Å². The van der Waals surface area contributed by atoms with Crippen molar-refractivity contribution in [1.29, 1.82) is 0 Å². The van der Waals surface area contributed by atoms with Gasteiger partial charge in [-0.1, -0.05) is 11.3 Å². The summed E-state index contributed by atoms with van der Waals surface area (Å²) in [5, 5.41) is 8.75. The quantitative estimate of drug-likeness (QED) is 0.626. The van der Waals surface area contributed by atoms with Crippen molar-refractivity contribution >= 4 is 67.5 Å². The van der Waals surface area contributed by atoms with Gasteiger partial charge in [-0.05, 0) is 36.4 Å². The van der Waals surface area contributed by atoms with Crippen molar-refractivity contribution in [2.75, 3.05) is 21.7 Å². The van der Waals surface area contributed by atoms with Crippen LogP contribution < -0.4 is 16.0 Å². The maximum absolute atomic E-state index is 12.5. The maximum Gasteiger partial charge on any atom is 0.257 e. The van der Waals surface area contributed by atoms with E-state index < -0.39 is 0 Å². The van der Waals surface area contributed by atoms with E-state index in [1.807, 2.05) is 12.1 Å². The predicted molar refractivity (Wildman–Crippen MR) is 108 cm³/mol. The van der Waals surface area contributed by atoms with Gasteiger partial charge in [0.15, 0.2) is 5.13 Å². The van der Waals surface area contributed by atoms with Crippen LogP contribution in [-0.2, 0) is 9.59 Å². The Morgan fingerprint density at radius 1 is 1.15 bits per heavy atom. The Morgan fingerprint density at radius 2 is 2.00 bits per heavy atom. The predicted octanol–water partition coefficient (Wildman–Crippen LogP) is 3.55. The number of carbonyl (C=O) groups is 3. The van der Waals surface area contributed by atoms with E-state index in [9.17, 15) is 14.4 Å². The van der Waals surface area contributed by atoms with Crippen molar-refractivity contribution in [2.45, 2.75) is 11.8 Å². The molecule has 1 aliphatic rings. The van der Waals surface area contributed by atoms with Gasteiger partial charge in [0.2, 0.25) is 11.8 Å². The largest absolute Gasteiger partial charge is 0.326 e. The Hall–Kier alpha value is -2.91. The molecule has 3 aromatic rings. The van der Waals surface area contributed by atoms with Crippen molar-refractivity contribution in [1.82, 2.24) is 4.98 Å². The molecule has 0 unspecified atom stereocenters. The molecule has 3 amide bonds. The minimum Gasteiger partial charge on any atom is -0.326 e. The fourth-order valence-corrected chi connectivity index (χ4v) is 4.34. The molecule has 27 heavy (non-hydrogen) atoms. The Kier molecular flexibility index (Phi) is 4.54. The standard InChI is InChI=1S/C18H14N4O3S2/c1-9(23)19-11-3-4-12-15(7-11)27-18(21-12)22-17(25)10-2-5-14-13(6-10)20-16(24)8-26-14/h2-7H,8H2,1H3,(H,19,23)(H,20,24)(H,21,22,25). The zero-order valence-electron chi connectivity index (χ0n) is 14.2. The lowest BCUT2D eigenvalue weighted by Gasteiger charge is -2.16. The third-order valence-corrected chi connectivity index (χ3v) is 5.81. The molecule has 1 aliphatic heterocycles. The Morgan fingerprint density at radius 3 is 2.81 bits per heavy atom. The normalized spacial score (nSPS) is 13.0. The van der Waals surface area contributed by atoms with Crippen LogP contribution in [0.5, 0.6) is 0 Å². The van der Waals surface area contributed by atoms with Crippen LogP contribution >= 0.6 is 23.1 Å². The van der Waals surface area contributed by atoms with E-state index in [1.54, 1.807) is 24.3 Å². The number of thiazole rings is 1. The van der Waals surface area contributed by atoms with E-state index in [4.69, 9.17) is 0 Å². The monoisotopic (exact) mass is 398 g/mol. The SMILES string of the molecule is CC(=O)Nc1ccc2nc(NC(=O)c3ccc4c(c3)NC(=O)CS4)sc2c1. The van der Waals surface area contributed by atoms with Crippen LogP contribution in [-0.4, -0.2) is 28.5 Å². The minimum atomic E-state index is -0.302. The van der Waals surface area contributed by atoms with Gasteiger partial charge in [-0.25, -0.2) is 4.98 Å². The van der Waals surface area contributed by atoms with Crippen LogP contribution in [0.1, 0.15) is 17.3 Å². The van der Waals surface area contributed by atoms with Crippen molar-refractivity contribution in [3.05, 3.63) is 42.0 Å². The Labute approximate surface area is 162 Å². The van der Waals surface area contributed by atoms with Gasteiger partial charge >= 0.3 is 0 Å². The molecular weight excluding hydrogens is 384 g/mol. The van der Waals surface area contributed by atoms with Crippen LogP contribution in [0.15, 0.2) is 41.3 Å². The first-order valence-corrected chi connectivity index (χ1v) is 9.84. The number of aromatic nitrogens is 1. The summed E-state index contributed by atoms with van der Waals surface area (Å²) in [6, 6.07) is 10.6. The van der Waals surface area contributed by atoms with Gasteiger partial charge in [-0.3, -0.25) is 19.7 Å². The summed E-state index contributed by atoms with van der Waals surface area (Å²) in [7, 11) is 0. The van der Waals surface area contributed by atoms with Crippen molar-refractivity contribution in [3.8, 4) is 0 Å². The van der Waals surface area contributed by atoms with E-state index >= 15 is 0 Å². The van der Waals surface area contributed by atoms with Gasteiger partial charge in [0.1, 0.15) is 0 Å². The third kappa shape index (κ3) is 3.79. The number of nitrogens with one attached hydrogen (secondary N) is 3. The molecule has 2 heterocycles. The topological polar surface area (TPSA) is 100 Å². The molecule has 0 radical (unpaired) electrons. The van der Waals surface area contributed by atoms with Crippen molar-refractivity contribution in [2.24, 2.45) is 0 Å². The van der Waals surface area contributed by atoms with Crippen LogP contribution in [0.4, 0.5) is 16.5 Å². The van der Waals surface area contributed by atoms with E-state index in [0.717, 1.165) is 15.1 Å². The Bertz CT molecular complexity index is 1090. The summed E-state index contributed by atoms with van der Waals surface area (Å²) in [5.74, 6) is -0.148. The molecule has 4 rings (SSSR count). The number of fused-ring (bicyclic) bond motifs is 2. The summed E-state index contributed by atoms with van der Waals surface area (Å²) >= 11 is 2.77. The lowest BCUT2D eigenvalue weighted by molar-refractivity contribution is -0.114. The smallest absolute Gasteiger partial charge is 0.257 e. The second-order valence-electron chi connectivity index (χ2n) is 5.88. The number of hydrogen-bond acceptors (Lipinski definition) is 6. The van der Waals surface area contributed by atoms with Gasteiger partial charge in [0, 0.05) is 23.1 Å². The first-order valence-electron chi connectivity index (χ1n) is 8.04. The van der Waals surface area contributed by atoms with Gasteiger partial charge in [-0.2, -0.15) is 0 Å². The summed E-state index contributed by atoms with van der Waals surface area (Å²) in [6.07, 6.45) is 0. The summed E-state index contributed by atoms with van der Waals surface area (Å²) in [4.78, 5) is 40.6. The first-order chi connectivity index (χ1) is 13.0. The molecule has 0 aliphatic carbocycles. The van der Waals surface area contributed by atoms with E-state index in [1.165, 1.54) is 30.0 Å². The average molecular weight is 398 g/mol. The highest BCUT2D eigenvalue weighted by atomic mass is 32.2. The molecule has 0 atom stereocenters. The van der Waals surface area contributed by atoms with Gasteiger partial charge in [0.05, 0.1) is 21.7 Å². The van der Waals surface area contributed by atoms with Crippen LogP contribution in [0.2, 0.25) is 0 Å². The number of hydrogen-bond donors (Lipinski definition) is 3. The second kappa shape index (κ2) is 7.01. The molecule has 0 bridgehead atoms. The molecule has 9 heteroatoms. The second-order valence-corrected chi connectivity index (χ2v) is 7.93. The maximum atomic E-state index is 12.5. The van der Waals surface area contributed by atoms with E-state index in [0.29, 0.717) is 27.8 Å². The zero-order chi connectivity index (χ0) is 19.0. The number of thioether (sulfide) groups is 1. The van der Waals surface area contributed by atoms with Gasteiger partial charge in [0.25, 0.3) is 5.91 Å². The molecule has 3 N–H and O–H groups in total.